The van der Waals surface area contributed by atoms with Crippen molar-refractivity contribution in [3.05, 3.63) is 12.2 Å². The summed E-state index contributed by atoms with van der Waals surface area (Å²) in [7, 11) is 0. The third-order valence-electron chi connectivity index (χ3n) is 12.8. The maximum atomic E-state index is 12.5. The van der Waals surface area contributed by atoms with Gasteiger partial charge in [0.1, 0.15) is 0 Å². The summed E-state index contributed by atoms with van der Waals surface area (Å²) in [6, 6.07) is -0.556. The lowest BCUT2D eigenvalue weighted by molar-refractivity contribution is -0.143. The lowest BCUT2D eigenvalue weighted by Gasteiger charge is -2.22. The quantitative estimate of drug-likeness (QED) is 0.0322. The Balaban J connectivity index is 3.47. The van der Waals surface area contributed by atoms with Crippen LogP contribution in [0.25, 0.3) is 0 Å². The molecule has 6 nitrogen and oxygen atoms in total. The van der Waals surface area contributed by atoms with E-state index < -0.39 is 12.1 Å². The van der Waals surface area contributed by atoms with E-state index in [0.717, 1.165) is 57.8 Å². The van der Waals surface area contributed by atoms with Crippen LogP contribution in [0.1, 0.15) is 303 Å². The molecule has 0 rings (SSSR count). The summed E-state index contributed by atoms with van der Waals surface area (Å²) in [5.41, 5.74) is 0. The normalized spacial score (nSPS) is 12.7. The van der Waals surface area contributed by atoms with Crippen LogP contribution < -0.4 is 5.32 Å². The summed E-state index contributed by atoms with van der Waals surface area (Å²) in [6.45, 7) is 4.90. The van der Waals surface area contributed by atoms with Crippen molar-refractivity contribution < 1.29 is 24.5 Å². The van der Waals surface area contributed by atoms with Crippen LogP contribution in [-0.2, 0) is 14.3 Å². The highest BCUT2D eigenvalue weighted by Crippen LogP contribution is 2.17. The molecule has 0 aromatic heterocycles. The zero-order valence-electron chi connectivity index (χ0n) is 41.2. The van der Waals surface area contributed by atoms with E-state index in [2.05, 4.69) is 31.3 Å². The molecular weight excluding hydrogens is 755 g/mol. The number of aliphatic hydroxyl groups excluding tert-OH is 2. The van der Waals surface area contributed by atoms with Gasteiger partial charge in [0, 0.05) is 12.8 Å². The Morgan fingerprint density at radius 2 is 0.770 bits per heavy atom. The van der Waals surface area contributed by atoms with Gasteiger partial charge >= 0.3 is 5.97 Å². The third kappa shape index (κ3) is 47.9. The van der Waals surface area contributed by atoms with Crippen molar-refractivity contribution in [3.8, 4) is 0 Å². The number of hydrogen-bond acceptors (Lipinski definition) is 5. The van der Waals surface area contributed by atoms with Gasteiger partial charge in [0.25, 0.3) is 0 Å². The van der Waals surface area contributed by atoms with Crippen LogP contribution >= 0.6 is 0 Å². The third-order valence-corrected chi connectivity index (χ3v) is 12.8. The van der Waals surface area contributed by atoms with E-state index >= 15 is 0 Å². The summed E-state index contributed by atoms with van der Waals surface area (Å²) in [4.78, 5) is 24.5. The van der Waals surface area contributed by atoms with Crippen LogP contribution in [0.2, 0.25) is 0 Å². The number of carbonyl (C=O) groups excluding carboxylic acids is 2. The summed E-state index contributed by atoms with van der Waals surface area (Å²) in [6.07, 6.45) is 59.0. The van der Waals surface area contributed by atoms with Gasteiger partial charge in [-0.1, -0.05) is 251 Å². The van der Waals surface area contributed by atoms with E-state index in [4.69, 9.17) is 4.74 Å². The van der Waals surface area contributed by atoms with Gasteiger partial charge in [0.05, 0.1) is 25.4 Å². The summed E-state index contributed by atoms with van der Waals surface area (Å²) >= 11 is 0. The number of allylic oxidation sites excluding steroid dienone is 2. The SMILES string of the molecule is CCCCC/C=C\CCCCCCCC(=O)OCCCCCCCCCCCCCC(=O)NC(CO)C(O)CCCCCCCCCCCCCCCCCCCCCCC. The van der Waals surface area contributed by atoms with Crippen LogP contribution in [0.3, 0.4) is 0 Å². The Kier molecular flexibility index (Phi) is 50.1. The lowest BCUT2D eigenvalue weighted by Crippen LogP contribution is -2.45. The molecule has 0 spiro atoms. The average molecular weight is 862 g/mol. The number of carbonyl (C=O) groups is 2. The van der Waals surface area contributed by atoms with Crippen LogP contribution in [0, 0.1) is 0 Å². The Morgan fingerprint density at radius 1 is 0.443 bits per heavy atom. The minimum atomic E-state index is -0.677. The maximum absolute atomic E-state index is 12.5. The Morgan fingerprint density at radius 3 is 1.20 bits per heavy atom. The molecule has 0 fully saturated rings. The van der Waals surface area contributed by atoms with Gasteiger partial charge in [-0.25, -0.2) is 0 Å². The van der Waals surface area contributed by atoms with E-state index in [9.17, 15) is 19.8 Å². The Bertz CT molecular complexity index is 909. The molecule has 0 radical (unpaired) electrons. The van der Waals surface area contributed by atoms with Gasteiger partial charge in [0.2, 0.25) is 5.91 Å². The predicted molar refractivity (Wildman–Crippen MR) is 264 cm³/mol. The lowest BCUT2D eigenvalue weighted by atomic mass is 10.0. The molecule has 0 saturated heterocycles. The fraction of sp³-hybridized carbons (Fsp3) is 0.927. The van der Waals surface area contributed by atoms with Crippen molar-refractivity contribution in [1.29, 1.82) is 0 Å². The van der Waals surface area contributed by atoms with Gasteiger partial charge in [-0.05, 0) is 51.4 Å². The number of amides is 1. The second-order valence-corrected chi connectivity index (χ2v) is 18.9. The molecule has 2 atom stereocenters. The molecule has 362 valence electrons. The second-order valence-electron chi connectivity index (χ2n) is 18.9. The monoisotopic (exact) mass is 862 g/mol. The minimum absolute atomic E-state index is 0.0228. The van der Waals surface area contributed by atoms with Crippen LogP contribution in [-0.4, -0.2) is 47.4 Å². The zero-order valence-corrected chi connectivity index (χ0v) is 41.2. The number of hydrogen-bond donors (Lipinski definition) is 3. The maximum Gasteiger partial charge on any atom is 0.305 e. The van der Waals surface area contributed by atoms with Crippen molar-refractivity contribution in [2.24, 2.45) is 0 Å². The molecule has 0 aromatic carbocycles. The standard InChI is InChI=1S/C55H107NO5/c1-3-5-7-9-11-13-15-17-18-19-20-21-22-23-24-25-27-31-35-39-43-47-53(58)52(51-57)56-54(59)48-44-40-36-32-28-26-30-34-38-42-46-50-61-55(60)49-45-41-37-33-29-16-14-12-10-8-6-4-2/h12,14,52-53,57-58H,3-11,13,15-51H2,1-2H3,(H,56,59)/b14-12-. The highest BCUT2D eigenvalue weighted by atomic mass is 16.5. The zero-order chi connectivity index (χ0) is 44.4. The van der Waals surface area contributed by atoms with E-state index in [1.54, 1.807) is 0 Å². The Labute approximate surface area is 380 Å². The highest BCUT2D eigenvalue weighted by molar-refractivity contribution is 5.76. The first-order valence-electron chi connectivity index (χ1n) is 27.4. The first-order valence-corrected chi connectivity index (χ1v) is 27.4. The molecule has 0 saturated carbocycles. The van der Waals surface area contributed by atoms with Crippen molar-refractivity contribution in [2.75, 3.05) is 13.2 Å². The number of ether oxygens (including phenoxy) is 1. The van der Waals surface area contributed by atoms with Gasteiger partial charge in [-0.15, -0.1) is 0 Å². The fourth-order valence-corrected chi connectivity index (χ4v) is 8.58. The molecule has 61 heavy (non-hydrogen) atoms. The number of nitrogens with one attached hydrogen (secondary N) is 1. The largest absolute Gasteiger partial charge is 0.466 e. The van der Waals surface area contributed by atoms with Crippen molar-refractivity contribution in [1.82, 2.24) is 5.32 Å². The second kappa shape index (κ2) is 51.2. The summed E-state index contributed by atoms with van der Waals surface area (Å²) in [5, 5.41) is 23.3. The first kappa shape index (κ1) is 59.6. The minimum Gasteiger partial charge on any atom is -0.466 e. The predicted octanol–water partition coefficient (Wildman–Crippen LogP) is 16.5. The molecule has 1 amide bonds. The number of aliphatic hydroxyl groups is 2. The van der Waals surface area contributed by atoms with E-state index in [1.165, 1.54) is 212 Å². The van der Waals surface area contributed by atoms with Crippen molar-refractivity contribution in [3.63, 3.8) is 0 Å². The molecule has 0 aliphatic carbocycles. The van der Waals surface area contributed by atoms with Gasteiger partial charge in [0.15, 0.2) is 0 Å². The molecule has 3 N–H and O–H groups in total. The molecule has 0 aliphatic heterocycles. The summed E-state index contributed by atoms with van der Waals surface area (Å²) in [5.74, 6) is -0.0743. The topological polar surface area (TPSA) is 95.9 Å². The number of esters is 1. The summed E-state index contributed by atoms with van der Waals surface area (Å²) < 4.78 is 5.44. The molecule has 0 aromatic rings. The van der Waals surface area contributed by atoms with Gasteiger partial charge in [-0.3, -0.25) is 9.59 Å². The van der Waals surface area contributed by atoms with Gasteiger partial charge < -0.3 is 20.3 Å². The molecule has 2 unspecified atom stereocenters. The van der Waals surface area contributed by atoms with Crippen LogP contribution in [0.4, 0.5) is 0 Å². The van der Waals surface area contributed by atoms with E-state index in [0.29, 0.717) is 25.9 Å². The average Bonchev–Trinajstić information content (AvgIpc) is 3.26. The Hall–Kier alpha value is -1.40. The van der Waals surface area contributed by atoms with Crippen molar-refractivity contribution in [2.45, 2.75) is 315 Å². The van der Waals surface area contributed by atoms with E-state index in [-0.39, 0.29) is 18.5 Å². The first-order chi connectivity index (χ1) is 30.0. The molecular formula is C55H107NO5. The number of rotatable bonds is 51. The molecule has 0 bridgehead atoms. The van der Waals surface area contributed by atoms with E-state index in [1.807, 2.05) is 0 Å². The molecule has 6 heteroatoms. The molecule has 0 aliphatic rings. The molecule has 0 heterocycles. The van der Waals surface area contributed by atoms with Crippen LogP contribution in [0.5, 0.6) is 0 Å². The smallest absolute Gasteiger partial charge is 0.305 e. The highest BCUT2D eigenvalue weighted by Gasteiger charge is 2.20. The fourth-order valence-electron chi connectivity index (χ4n) is 8.58. The van der Waals surface area contributed by atoms with Gasteiger partial charge in [-0.2, -0.15) is 0 Å². The number of unbranched alkanes of at least 4 members (excludes halogenated alkanes) is 38. The van der Waals surface area contributed by atoms with Crippen LogP contribution in [0.15, 0.2) is 12.2 Å². The van der Waals surface area contributed by atoms with Crippen molar-refractivity contribution >= 4 is 11.9 Å².